The van der Waals surface area contributed by atoms with Crippen LogP contribution in [0.25, 0.3) is 33.3 Å². The Morgan fingerprint density at radius 3 is 1.77 bits per heavy atom. The highest BCUT2D eigenvalue weighted by Crippen LogP contribution is 2.40. The highest BCUT2D eigenvalue weighted by molar-refractivity contribution is 6.30. The Bertz CT molecular complexity index is 1200. The van der Waals surface area contributed by atoms with E-state index in [9.17, 15) is 0 Å². The van der Waals surface area contributed by atoms with Gasteiger partial charge in [-0.15, -0.1) is 0 Å². The van der Waals surface area contributed by atoms with Crippen molar-refractivity contribution in [3.8, 4) is 39.8 Å². The molecule has 0 aliphatic rings. The largest absolute Gasteiger partial charge is 0.497 e. The van der Waals surface area contributed by atoms with Crippen molar-refractivity contribution in [2.45, 2.75) is 6.92 Å². The summed E-state index contributed by atoms with van der Waals surface area (Å²) in [4.78, 5) is 5.08. The zero-order chi connectivity index (χ0) is 21.3. The molecular weight excluding hydrogens is 398 g/mol. The fraction of sp³-hybridized carbons (Fsp3) is 0.160. The van der Waals surface area contributed by atoms with Gasteiger partial charge in [-0.05, 0) is 66.4 Å². The number of nitrogens with zero attached hydrogens (tertiary/aromatic N) is 1. The van der Waals surface area contributed by atoms with Crippen LogP contribution in [0.5, 0.6) is 17.2 Å². The summed E-state index contributed by atoms with van der Waals surface area (Å²) in [5.41, 5.74) is 4.82. The summed E-state index contributed by atoms with van der Waals surface area (Å²) in [7, 11) is 4.94. The summed E-state index contributed by atoms with van der Waals surface area (Å²) in [6.45, 7) is 2.07. The van der Waals surface area contributed by atoms with Crippen LogP contribution in [-0.2, 0) is 0 Å². The van der Waals surface area contributed by atoms with Gasteiger partial charge in [0.1, 0.15) is 5.75 Å². The van der Waals surface area contributed by atoms with Crippen molar-refractivity contribution in [1.29, 1.82) is 0 Å². The molecule has 0 bridgehead atoms. The third kappa shape index (κ3) is 3.55. The molecule has 3 aromatic carbocycles. The van der Waals surface area contributed by atoms with E-state index in [1.165, 1.54) is 0 Å². The topological polar surface area (TPSA) is 40.6 Å². The number of halogens is 1. The zero-order valence-corrected chi connectivity index (χ0v) is 18.1. The first-order chi connectivity index (χ1) is 14.5. The van der Waals surface area contributed by atoms with Crippen LogP contribution in [0.15, 0.2) is 60.7 Å². The molecule has 0 saturated carbocycles. The number of aryl methyl sites for hydroxylation is 1. The van der Waals surface area contributed by atoms with Gasteiger partial charge in [0.25, 0.3) is 0 Å². The third-order valence-electron chi connectivity index (χ3n) is 5.24. The van der Waals surface area contributed by atoms with Crippen molar-refractivity contribution in [2.75, 3.05) is 21.3 Å². The predicted octanol–water partition coefficient (Wildman–Crippen LogP) is 6.56. The van der Waals surface area contributed by atoms with Gasteiger partial charge in [0, 0.05) is 21.5 Å². The average molecular weight is 420 g/mol. The van der Waals surface area contributed by atoms with Gasteiger partial charge in [0.2, 0.25) is 0 Å². The number of ether oxygens (including phenoxy) is 3. The van der Waals surface area contributed by atoms with Crippen LogP contribution < -0.4 is 14.2 Å². The second kappa shape index (κ2) is 8.25. The van der Waals surface area contributed by atoms with Gasteiger partial charge in [-0.1, -0.05) is 23.7 Å². The van der Waals surface area contributed by atoms with E-state index < -0.39 is 0 Å². The van der Waals surface area contributed by atoms with Gasteiger partial charge >= 0.3 is 0 Å². The molecule has 4 nitrogen and oxygen atoms in total. The number of pyridine rings is 1. The molecule has 0 N–H and O–H groups in total. The standard InChI is InChI=1S/C25H22ClNO3/c1-15-20-13-22(29-3)23(30-4)14-21(20)25(17-7-11-19(28-2)12-8-17)27-24(15)16-5-9-18(26)10-6-16/h5-14H,1-4H3. The molecule has 0 aliphatic heterocycles. The van der Waals surface area contributed by atoms with Crippen molar-refractivity contribution in [3.05, 3.63) is 71.2 Å². The second-order valence-electron chi connectivity index (χ2n) is 6.92. The molecule has 152 valence electrons. The van der Waals surface area contributed by atoms with E-state index in [1.807, 2.05) is 60.7 Å². The highest BCUT2D eigenvalue weighted by Gasteiger charge is 2.17. The first kappa shape index (κ1) is 20.0. The lowest BCUT2D eigenvalue weighted by molar-refractivity contribution is 0.356. The Labute approximate surface area is 181 Å². The van der Waals surface area contributed by atoms with Gasteiger partial charge in [-0.25, -0.2) is 4.98 Å². The molecule has 4 rings (SSSR count). The number of hydrogen-bond acceptors (Lipinski definition) is 4. The average Bonchev–Trinajstić information content (AvgIpc) is 2.79. The quantitative estimate of drug-likeness (QED) is 0.367. The summed E-state index contributed by atoms with van der Waals surface area (Å²) in [6.07, 6.45) is 0. The molecule has 30 heavy (non-hydrogen) atoms. The molecule has 1 aromatic heterocycles. The summed E-state index contributed by atoms with van der Waals surface area (Å²) in [6, 6.07) is 19.6. The van der Waals surface area contributed by atoms with E-state index in [2.05, 4.69) is 6.92 Å². The SMILES string of the molecule is COc1ccc(-c2nc(-c3ccc(Cl)cc3)c(C)c3cc(OC)c(OC)cc23)cc1. The van der Waals surface area contributed by atoms with E-state index in [-0.39, 0.29) is 0 Å². The number of fused-ring (bicyclic) bond motifs is 1. The highest BCUT2D eigenvalue weighted by atomic mass is 35.5. The molecule has 0 fully saturated rings. The van der Waals surface area contributed by atoms with Gasteiger partial charge in [0.15, 0.2) is 11.5 Å². The Morgan fingerprint density at radius 1 is 0.667 bits per heavy atom. The van der Waals surface area contributed by atoms with Crippen molar-refractivity contribution in [3.63, 3.8) is 0 Å². The number of benzene rings is 3. The van der Waals surface area contributed by atoms with E-state index in [0.717, 1.165) is 44.6 Å². The molecule has 1 heterocycles. The second-order valence-corrected chi connectivity index (χ2v) is 7.36. The summed E-state index contributed by atoms with van der Waals surface area (Å²) >= 11 is 6.10. The van der Waals surface area contributed by atoms with Gasteiger partial charge in [-0.2, -0.15) is 0 Å². The number of methoxy groups -OCH3 is 3. The predicted molar refractivity (Wildman–Crippen MR) is 122 cm³/mol. The Kier molecular flexibility index (Phi) is 5.51. The van der Waals surface area contributed by atoms with E-state index in [0.29, 0.717) is 16.5 Å². The molecule has 5 heteroatoms. The van der Waals surface area contributed by atoms with Crippen molar-refractivity contribution < 1.29 is 14.2 Å². The molecule has 0 unspecified atom stereocenters. The minimum Gasteiger partial charge on any atom is -0.497 e. The maximum Gasteiger partial charge on any atom is 0.161 e. The normalized spacial score (nSPS) is 10.8. The first-order valence-corrected chi connectivity index (χ1v) is 9.90. The number of aromatic nitrogens is 1. The summed E-state index contributed by atoms with van der Waals surface area (Å²) < 4.78 is 16.4. The van der Waals surface area contributed by atoms with Crippen LogP contribution in [0.4, 0.5) is 0 Å². The van der Waals surface area contributed by atoms with Crippen LogP contribution in [-0.4, -0.2) is 26.3 Å². The molecular formula is C25H22ClNO3. The van der Waals surface area contributed by atoms with E-state index in [4.69, 9.17) is 30.8 Å². The van der Waals surface area contributed by atoms with Crippen LogP contribution in [0.2, 0.25) is 5.02 Å². The molecule has 0 spiro atoms. The van der Waals surface area contributed by atoms with Gasteiger partial charge in [-0.3, -0.25) is 0 Å². The van der Waals surface area contributed by atoms with E-state index >= 15 is 0 Å². The monoisotopic (exact) mass is 419 g/mol. The van der Waals surface area contributed by atoms with Crippen molar-refractivity contribution in [1.82, 2.24) is 4.98 Å². The van der Waals surface area contributed by atoms with Gasteiger partial charge < -0.3 is 14.2 Å². The fourth-order valence-corrected chi connectivity index (χ4v) is 3.75. The van der Waals surface area contributed by atoms with Crippen molar-refractivity contribution >= 4 is 22.4 Å². The summed E-state index contributed by atoms with van der Waals surface area (Å²) in [5, 5.41) is 2.74. The molecule has 0 atom stereocenters. The van der Waals surface area contributed by atoms with Crippen LogP contribution in [0.1, 0.15) is 5.56 Å². The molecule has 0 amide bonds. The minimum atomic E-state index is 0.667. The van der Waals surface area contributed by atoms with Crippen LogP contribution >= 0.6 is 11.6 Å². The maximum absolute atomic E-state index is 6.10. The lowest BCUT2D eigenvalue weighted by Crippen LogP contribution is -1.98. The molecule has 0 aliphatic carbocycles. The Balaban J connectivity index is 2.05. The van der Waals surface area contributed by atoms with Crippen molar-refractivity contribution in [2.24, 2.45) is 0 Å². The Hall–Kier alpha value is -3.24. The lowest BCUT2D eigenvalue weighted by atomic mass is 9.96. The van der Waals surface area contributed by atoms with Gasteiger partial charge in [0.05, 0.1) is 32.7 Å². The maximum atomic E-state index is 6.10. The van der Waals surface area contributed by atoms with E-state index in [1.54, 1.807) is 21.3 Å². The smallest absolute Gasteiger partial charge is 0.161 e. The fourth-order valence-electron chi connectivity index (χ4n) is 3.63. The Morgan fingerprint density at radius 2 is 1.20 bits per heavy atom. The molecule has 0 saturated heterocycles. The van der Waals surface area contributed by atoms with Crippen LogP contribution in [0, 0.1) is 6.92 Å². The summed E-state index contributed by atoms with van der Waals surface area (Å²) in [5.74, 6) is 2.15. The lowest BCUT2D eigenvalue weighted by Gasteiger charge is -2.17. The first-order valence-electron chi connectivity index (χ1n) is 9.52. The zero-order valence-electron chi connectivity index (χ0n) is 17.3. The third-order valence-corrected chi connectivity index (χ3v) is 5.49. The number of rotatable bonds is 5. The number of hydrogen-bond donors (Lipinski definition) is 0. The minimum absolute atomic E-state index is 0.667. The molecule has 4 aromatic rings. The van der Waals surface area contributed by atoms with Crippen LogP contribution in [0.3, 0.4) is 0 Å². The molecule has 0 radical (unpaired) electrons.